The molecule has 0 unspecified atom stereocenters. The second-order valence-corrected chi connectivity index (χ2v) is 17.6. The van der Waals surface area contributed by atoms with Gasteiger partial charge in [-0.25, -0.2) is 0 Å². The Morgan fingerprint density at radius 1 is 0.227 bits per heavy atom. The topological polar surface area (TPSA) is 54.2 Å². The molecular formula is C60H33N3O3. The van der Waals surface area contributed by atoms with E-state index in [-0.39, 0.29) is 0 Å². The van der Waals surface area contributed by atoms with Gasteiger partial charge in [-0.2, -0.15) is 0 Å². The quantitative estimate of drug-likeness (QED) is 0.178. The summed E-state index contributed by atoms with van der Waals surface area (Å²) in [4.78, 5) is 0. The van der Waals surface area contributed by atoms with Gasteiger partial charge in [-0.15, -0.1) is 0 Å². The third kappa shape index (κ3) is 4.40. The third-order valence-electron chi connectivity index (χ3n) is 14.2. The van der Waals surface area contributed by atoms with Crippen molar-refractivity contribution in [2.45, 2.75) is 0 Å². The van der Waals surface area contributed by atoms with Gasteiger partial charge in [0.15, 0.2) is 0 Å². The fourth-order valence-electron chi connectivity index (χ4n) is 11.4. The van der Waals surface area contributed by atoms with E-state index in [0.29, 0.717) is 0 Å². The van der Waals surface area contributed by atoms with Gasteiger partial charge >= 0.3 is 0 Å². The highest BCUT2D eigenvalue weighted by Gasteiger charge is 2.24. The highest BCUT2D eigenvalue weighted by Crippen LogP contribution is 2.46. The number of hydrogen-bond donors (Lipinski definition) is 0. The van der Waals surface area contributed by atoms with Crippen LogP contribution in [0.15, 0.2) is 213 Å². The Bertz CT molecular complexity index is 4720. The molecule has 16 aromatic rings. The monoisotopic (exact) mass is 843 g/mol. The molecule has 6 heteroatoms. The average Bonchev–Trinajstić information content (AvgIpc) is 4.21. The molecule has 0 fully saturated rings. The first kappa shape index (κ1) is 34.5. The van der Waals surface area contributed by atoms with Gasteiger partial charge in [-0.1, -0.05) is 91.0 Å². The lowest BCUT2D eigenvalue weighted by Gasteiger charge is -2.10. The molecule has 10 aromatic carbocycles. The Morgan fingerprint density at radius 2 is 0.591 bits per heavy atom. The molecule has 6 heterocycles. The van der Waals surface area contributed by atoms with E-state index in [2.05, 4.69) is 190 Å². The maximum Gasteiger partial charge on any atom is 0.145 e. The molecule has 0 saturated carbocycles. The summed E-state index contributed by atoms with van der Waals surface area (Å²) in [6.07, 6.45) is 0. The van der Waals surface area contributed by atoms with Crippen LogP contribution >= 0.6 is 0 Å². The first-order valence-corrected chi connectivity index (χ1v) is 22.4. The number of nitrogens with zero attached hydrogens (tertiary/aromatic N) is 3. The summed E-state index contributed by atoms with van der Waals surface area (Å²) in [6, 6.07) is 71.7. The van der Waals surface area contributed by atoms with Crippen LogP contribution < -0.4 is 0 Å². The second kappa shape index (κ2) is 12.4. The molecule has 0 aliphatic carbocycles. The van der Waals surface area contributed by atoms with Crippen molar-refractivity contribution in [2.75, 3.05) is 0 Å². The molecule has 0 aliphatic rings. The van der Waals surface area contributed by atoms with E-state index in [0.717, 1.165) is 126 Å². The van der Waals surface area contributed by atoms with Crippen molar-refractivity contribution in [1.82, 2.24) is 13.7 Å². The highest BCUT2D eigenvalue weighted by molar-refractivity contribution is 6.29. The minimum atomic E-state index is 0.871. The van der Waals surface area contributed by atoms with Crippen molar-refractivity contribution >= 4 is 131 Å². The van der Waals surface area contributed by atoms with Crippen molar-refractivity contribution in [3.05, 3.63) is 200 Å². The van der Waals surface area contributed by atoms with Crippen molar-refractivity contribution < 1.29 is 13.3 Å². The molecule has 0 saturated heterocycles. The fraction of sp³-hybridized carbons (Fsp3) is 0. The maximum atomic E-state index is 7.43. The molecule has 6 nitrogen and oxygen atoms in total. The fourth-order valence-corrected chi connectivity index (χ4v) is 11.4. The van der Waals surface area contributed by atoms with Gasteiger partial charge in [0.1, 0.15) is 33.5 Å². The van der Waals surface area contributed by atoms with E-state index in [1.165, 1.54) is 21.8 Å². The Kier molecular flexibility index (Phi) is 6.47. The van der Waals surface area contributed by atoms with Gasteiger partial charge in [-0.3, -0.25) is 0 Å². The lowest BCUT2D eigenvalue weighted by Crippen LogP contribution is -1.95. The van der Waals surface area contributed by atoms with Crippen LogP contribution in [0.4, 0.5) is 0 Å². The van der Waals surface area contributed by atoms with Crippen molar-refractivity contribution in [1.29, 1.82) is 0 Å². The van der Waals surface area contributed by atoms with E-state index < -0.39 is 0 Å². The van der Waals surface area contributed by atoms with Gasteiger partial charge in [-0.05, 0) is 109 Å². The summed E-state index contributed by atoms with van der Waals surface area (Å²) in [5.41, 5.74) is 15.2. The molecule has 0 radical (unpaired) electrons. The van der Waals surface area contributed by atoms with Crippen LogP contribution in [0.1, 0.15) is 0 Å². The van der Waals surface area contributed by atoms with E-state index in [9.17, 15) is 0 Å². The van der Waals surface area contributed by atoms with Crippen LogP contribution in [0.5, 0.6) is 0 Å². The van der Waals surface area contributed by atoms with Gasteiger partial charge in [0, 0.05) is 70.9 Å². The Morgan fingerprint density at radius 3 is 1.14 bits per heavy atom. The first-order valence-electron chi connectivity index (χ1n) is 22.4. The number of aromatic nitrogens is 3. The lowest BCUT2D eigenvalue weighted by molar-refractivity contribution is 0.668. The molecule has 306 valence electrons. The molecule has 0 bridgehead atoms. The summed E-state index contributed by atoms with van der Waals surface area (Å²) in [5.74, 6) is 0. The largest absolute Gasteiger partial charge is 0.456 e. The average molecular weight is 844 g/mol. The van der Waals surface area contributed by atoms with Crippen molar-refractivity contribution in [3.63, 3.8) is 0 Å². The summed E-state index contributed by atoms with van der Waals surface area (Å²) in [7, 11) is 0. The molecule has 0 N–H and O–H groups in total. The molecule has 0 atom stereocenters. The van der Waals surface area contributed by atoms with Crippen LogP contribution in [0.25, 0.3) is 148 Å². The van der Waals surface area contributed by atoms with Gasteiger partial charge in [0.2, 0.25) is 0 Å². The Balaban J connectivity index is 1.01. The number of fused-ring (bicyclic) bond motifs is 20. The lowest BCUT2D eigenvalue weighted by atomic mass is 10.1. The molecule has 16 rings (SSSR count). The second-order valence-electron chi connectivity index (χ2n) is 17.6. The predicted molar refractivity (Wildman–Crippen MR) is 271 cm³/mol. The summed E-state index contributed by atoms with van der Waals surface area (Å²) in [6.45, 7) is 0. The summed E-state index contributed by atoms with van der Waals surface area (Å²) >= 11 is 0. The first-order chi connectivity index (χ1) is 32.7. The van der Waals surface area contributed by atoms with Crippen molar-refractivity contribution in [2.24, 2.45) is 0 Å². The summed E-state index contributed by atoms with van der Waals surface area (Å²) < 4.78 is 27.2. The smallest absolute Gasteiger partial charge is 0.145 e. The SMILES string of the molecule is c1ccc2c(c1)oc1ccc(-n3c4ccccc4c4c5oc6c(ccc7c6c6cc(-n8c9ccccc9c9ccccc98)ccc6n7-c6ccc7oc8ccccc8c7c6)c5ccc43)cc12. The van der Waals surface area contributed by atoms with Crippen LogP contribution in [-0.4, -0.2) is 13.7 Å². The zero-order valence-corrected chi connectivity index (χ0v) is 35.1. The van der Waals surface area contributed by atoms with Crippen LogP contribution in [0.3, 0.4) is 0 Å². The number of para-hydroxylation sites is 5. The Hall–Kier alpha value is -9.00. The zero-order valence-electron chi connectivity index (χ0n) is 35.1. The minimum absolute atomic E-state index is 0.871. The molecule has 6 aromatic heterocycles. The van der Waals surface area contributed by atoms with Gasteiger partial charge < -0.3 is 27.0 Å². The van der Waals surface area contributed by atoms with E-state index >= 15 is 0 Å². The number of hydrogen-bond acceptors (Lipinski definition) is 3. The third-order valence-corrected chi connectivity index (χ3v) is 14.2. The van der Waals surface area contributed by atoms with Crippen molar-refractivity contribution in [3.8, 4) is 17.1 Å². The van der Waals surface area contributed by atoms with E-state index in [1.54, 1.807) is 0 Å². The normalized spacial score (nSPS) is 12.5. The standard InChI is InChI=1S/C60H33N3O3/c1-6-16-47-37(11-1)38-12-2-7-17-48(38)61(47)34-21-26-50-46(33-34)58-52(63(50)36-23-30-56-45(32-36)40-14-5-10-20-54(40)65-56)28-25-42-41-24-27-51-57(59(41)66-60(42)58)43-15-3-8-18-49(43)62(51)35-22-29-55-44(31-35)39-13-4-9-19-53(39)64-55/h1-33H. The highest BCUT2D eigenvalue weighted by atomic mass is 16.3. The predicted octanol–water partition coefficient (Wildman–Crippen LogP) is 16.7. The number of rotatable bonds is 3. The van der Waals surface area contributed by atoms with E-state index in [1.807, 2.05) is 24.3 Å². The summed E-state index contributed by atoms with van der Waals surface area (Å²) in [5, 5.41) is 13.5. The molecule has 66 heavy (non-hydrogen) atoms. The van der Waals surface area contributed by atoms with Gasteiger partial charge in [0.25, 0.3) is 0 Å². The Labute approximate surface area is 373 Å². The van der Waals surface area contributed by atoms with Crippen LogP contribution in [0.2, 0.25) is 0 Å². The van der Waals surface area contributed by atoms with Crippen LogP contribution in [0, 0.1) is 0 Å². The maximum absolute atomic E-state index is 7.43. The molecular weight excluding hydrogens is 811 g/mol. The van der Waals surface area contributed by atoms with E-state index in [4.69, 9.17) is 13.3 Å². The molecule has 0 amide bonds. The molecule has 0 aliphatic heterocycles. The number of furan rings is 3. The zero-order chi connectivity index (χ0) is 42.8. The minimum Gasteiger partial charge on any atom is -0.456 e. The van der Waals surface area contributed by atoms with Gasteiger partial charge in [0.05, 0.1) is 43.9 Å². The number of benzene rings is 10. The molecule has 0 spiro atoms. The van der Waals surface area contributed by atoms with Crippen LogP contribution in [-0.2, 0) is 0 Å².